The van der Waals surface area contributed by atoms with E-state index in [4.69, 9.17) is 4.74 Å². The number of hydrogen-bond acceptors (Lipinski definition) is 3. The SMILES string of the molecule is CCOC(C)C(Cc1cnn(C)c1)NC. The van der Waals surface area contributed by atoms with E-state index in [2.05, 4.69) is 17.3 Å². The maximum absolute atomic E-state index is 5.58. The van der Waals surface area contributed by atoms with Gasteiger partial charge in [-0.1, -0.05) is 0 Å². The molecule has 0 fully saturated rings. The third kappa shape index (κ3) is 3.64. The molecule has 15 heavy (non-hydrogen) atoms. The number of nitrogens with zero attached hydrogens (tertiary/aromatic N) is 2. The molecule has 0 bridgehead atoms. The van der Waals surface area contributed by atoms with Crippen LogP contribution in [0.3, 0.4) is 0 Å². The second-order valence-corrected chi connectivity index (χ2v) is 3.78. The summed E-state index contributed by atoms with van der Waals surface area (Å²) in [5.74, 6) is 0. The summed E-state index contributed by atoms with van der Waals surface area (Å²) >= 11 is 0. The number of nitrogens with one attached hydrogen (secondary N) is 1. The van der Waals surface area contributed by atoms with Crippen LogP contribution in [0.2, 0.25) is 0 Å². The lowest BCUT2D eigenvalue weighted by Gasteiger charge is -2.22. The van der Waals surface area contributed by atoms with E-state index in [1.165, 1.54) is 5.56 Å². The van der Waals surface area contributed by atoms with Gasteiger partial charge >= 0.3 is 0 Å². The van der Waals surface area contributed by atoms with Gasteiger partial charge in [0.1, 0.15) is 0 Å². The van der Waals surface area contributed by atoms with Crippen LogP contribution < -0.4 is 5.32 Å². The first-order valence-corrected chi connectivity index (χ1v) is 5.43. The van der Waals surface area contributed by atoms with Crippen LogP contribution in [0.15, 0.2) is 12.4 Å². The topological polar surface area (TPSA) is 39.1 Å². The minimum Gasteiger partial charge on any atom is -0.377 e. The van der Waals surface area contributed by atoms with Gasteiger partial charge in [0, 0.05) is 25.9 Å². The van der Waals surface area contributed by atoms with Crippen molar-refractivity contribution in [2.24, 2.45) is 7.05 Å². The summed E-state index contributed by atoms with van der Waals surface area (Å²) in [5, 5.41) is 7.44. The highest BCUT2D eigenvalue weighted by Gasteiger charge is 2.16. The lowest BCUT2D eigenvalue weighted by Crippen LogP contribution is -2.39. The quantitative estimate of drug-likeness (QED) is 0.762. The van der Waals surface area contributed by atoms with Crippen LogP contribution in [0.4, 0.5) is 0 Å². The Balaban J connectivity index is 2.53. The van der Waals surface area contributed by atoms with E-state index in [0.717, 1.165) is 13.0 Å². The number of rotatable bonds is 6. The zero-order valence-corrected chi connectivity index (χ0v) is 10.0. The molecule has 0 aromatic carbocycles. The Bertz CT molecular complexity index is 285. The molecular weight excluding hydrogens is 190 g/mol. The number of ether oxygens (including phenoxy) is 1. The lowest BCUT2D eigenvalue weighted by atomic mass is 10.1. The van der Waals surface area contributed by atoms with Gasteiger partial charge in [0.2, 0.25) is 0 Å². The molecule has 2 atom stereocenters. The molecule has 1 aromatic heterocycles. The predicted molar refractivity (Wildman–Crippen MR) is 60.8 cm³/mol. The van der Waals surface area contributed by atoms with Gasteiger partial charge in [-0.15, -0.1) is 0 Å². The average Bonchev–Trinajstić information content (AvgIpc) is 2.61. The van der Waals surface area contributed by atoms with Crippen LogP contribution in [-0.2, 0) is 18.2 Å². The molecule has 86 valence electrons. The summed E-state index contributed by atoms with van der Waals surface area (Å²) in [5.41, 5.74) is 1.24. The molecule has 1 aromatic rings. The molecule has 0 aliphatic rings. The highest BCUT2D eigenvalue weighted by atomic mass is 16.5. The minimum absolute atomic E-state index is 0.222. The molecule has 2 unspecified atom stereocenters. The summed E-state index contributed by atoms with van der Waals surface area (Å²) in [4.78, 5) is 0. The normalized spacial score (nSPS) is 15.2. The highest BCUT2D eigenvalue weighted by Crippen LogP contribution is 2.07. The predicted octanol–water partition coefficient (Wildman–Crippen LogP) is 0.976. The first-order chi connectivity index (χ1) is 7.17. The first-order valence-electron chi connectivity index (χ1n) is 5.43. The van der Waals surface area contributed by atoms with Crippen molar-refractivity contribution in [2.75, 3.05) is 13.7 Å². The Morgan fingerprint density at radius 2 is 2.33 bits per heavy atom. The number of hydrogen-bond donors (Lipinski definition) is 1. The number of likely N-dealkylation sites (N-methyl/N-ethyl adjacent to an activating group) is 1. The average molecular weight is 211 g/mol. The Morgan fingerprint density at radius 1 is 1.60 bits per heavy atom. The van der Waals surface area contributed by atoms with Crippen LogP contribution in [0.25, 0.3) is 0 Å². The fourth-order valence-electron chi connectivity index (χ4n) is 1.71. The molecule has 0 spiro atoms. The van der Waals surface area contributed by atoms with E-state index in [0.29, 0.717) is 6.04 Å². The van der Waals surface area contributed by atoms with Crippen molar-refractivity contribution < 1.29 is 4.74 Å². The molecule has 0 radical (unpaired) electrons. The minimum atomic E-state index is 0.222. The summed E-state index contributed by atoms with van der Waals surface area (Å²) in [6, 6.07) is 0.342. The lowest BCUT2D eigenvalue weighted by molar-refractivity contribution is 0.0497. The zero-order chi connectivity index (χ0) is 11.3. The Hall–Kier alpha value is -0.870. The molecule has 1 rings (SSSR count). The van der Waals surface area contributed by atoms with E-state index in [-0.39, 0.29) is 6.10 Å². The van der Waals surface area contributed by atoms with Crippen molar-refractivity contribution in [2.45, 2.75) is 32.4 Å². The Labute approximate surface area is 91.6 Å². The summed E-state index contributed by atoms with van der Waals surface area (Å²) in [6.45, 7) is 4.88. The smallest absolute Gasteiger partial charge is 0.0702 e. The highest BCUT2D eigenvalue weighted by molar-refractivity contribution is 5.06. The Morgan fingerprint density at radius 3 is 2.80 bits per heavy atom. The maximum atomic E-state index is 5.58. The second-order valence-electron chi connectivity index (χ2n) is 3.78. The van der Waals surface area contributed by atoms with Gasteiger partial charge < -0.3 is 10.1 Å². The standard InChI is InChI=1S/C11H21N3O/c1-5-15-9(2)11(12-3)6-10-7-13-14(4)8-10/h7-9,11-12H,5-6H2,1-4H3. The number of aryl methyl sites for hydroxylation is 1. The van der Waals surface area contributed by atoms with Gasteiger partial charge in [0.05, 0.1) is 12.3 Å². The van der Waals surface area contributed by atoms with Crippen LogP contribution in [0.1, 0.15) is 19.4 Å². The van der Waals surface area contributed by atoms with Gasteiger partial charge in [-0.05, 0) is 32.9 Å². The van der Waals surface area contributed by atoms with Crippen molar-refractivity contribution >= 4 is 0 Å². The van der Waals surface area contributed by atoms with E-state index in [1.807, 2.05) is 38.1 Å². The van der Waals surface area contributed by atoms with Gasteiger partial charge in [-0.2, -0.15) is 5.10 Å². The third-order valence-electron chi connectivity index (χ3n) is 2.58. The van der Waals surface area contributed by atoms with Crippen molar-refractivity contribution in [1.29, 1.82) is 0 Å². The molecule has 4 heteroatoms. The first kappa shape index (κ1) is 12.2. The summed E-state index contributed by atoms with van der Waals surface area (Å²) in [6.07, 6.45) is 5.12. The zero-order valence-electron chi connectivity index (χ0n) is 10.0. The molecule has 1 heterocycles. The molecule has 0 saturated carbocycles. The summed E-state index contributed by atoms with van der Waals surface area (Å²) in [7, 11) is 3.90. The molecule has 0 aliphatic heterocycles. The van der Waals surface area contributed by atoms with Crippen molar-refractivity contribution in [3.63, 3.8) is 0 Å². The third-order valence-corrected chi connectivity index (χ3v) is 2.58. The van der Waals surface area contributed by atoms with Crippen LogP contribution in [0.5, 0.6) is 0 Å². The van der Waals surface area contributed by atoms with E-state index in [1.54, 1.807) is 0 Å². The van der Waals surface area contributed by atoms with E-state index < -0.39 is 0 Å². The largest absolute Gasteiger partial charge is 0.377 e. The van der Waals surface area contributed by atoms with Gasteiger partial charge in [0.15, 0.2) is 0 Å². The fourth-order valence-corrected chi connectivity index (χ4v) is 1.71. The van der Waals surface area contributed by atoms with Crippen molar-refractivity contribution in [3.8, 4) is 0 Å². The van der Waals surface area contributed by atoms with Gasteiger partial charge in [-0.25, -0.2) is 0 Å². The fraction of sp³-hybridized carbons (Fsp3) is 0.727. The van der Waals surface area contributed by atoms with Gasteiger partial charge in [0.25, 0.3) is 0 Å². The van der Waals surface area contributed by atoms with E-state index in [9.17, 15) is 0 Å². The molecule has 0 amide bonds. The Kier molecular flexibility index (Phi) is 4.78. The molecule has 0 saturated heterocycles. The molecule has 4 nitrogen and oxygen atoms in total. The van der Waals surface area contributed by atoms with Crippen molar-refractivity contribution in [3.05, 3.63) is 18.0 Å². The second kappa shape index (κ2) is 5.88. The van der Waals surface area contributed by atoms with Crippen LogP contribution in [0, 0.1) is 0 Å². The van der Waals surface area contributed by atoms with Crippen LogP contribution in [-0.4, -0.2) is 35.6 Å². The monoisotopic (exact) mass is 211 g/mol. The molecule has 0 aliphatic carbocycles. The van der Waals surface area contributed by atoms with E-state index >= 15 is 0 Å². The van der Waals surface area contributed by atoms with Gasteiger partial charge in [-0.3, -0.25) is 4.68 Å². The number of aromatic nitrogens is 2. The molecular formula is C11H21N3O. The van der Waals surface area contributed by atoms with Crippen LogP contribution >= 0.6 is 0 Å². The maximum Gasteiger partial charge on any atom is 0.0702 e. The van der Waals surface area contributed by atoms with Crippen molar-refractivity contribution in [1.82, 2.24) is 15.1 Å². The molecule has 1 N–H and O–H groups in total. The summed E-state index contributed by atoms with van der Waals surface area (Å²) < 4.78 is 7.41.